The van der Waals surface area contributed by atoms with Gasteiger partial charge in [0.1, 0.15) is 6.20 Å². The number of aryl methyl sites for hydroxylation is 1. The number of hydrogen-bond donors (Lipinski definition) is 2. The van der Waals surface area contributed by atoms with Crippen LogP contribution >= 0.6 is 12.2 Å². The van der Waals surface area contributed by atoms with Crippen molar-refractivity contribution in [3.05, 3.63) is 60.4 Å². The van der Waals surface area contributed by atoms with E-state index in [4.69, 9.17) is 5.73 Å². The number of nitrogens with two attached hydrogens (primary N) is 1. The smallest absolute Gasteiger partial charge is 0.286 e. The molecule has 1 aromatic carbocycles. The van der Waals surface area contributed by atoms with Crippen molar-refractivity contribution in [3.8, 4) is 11.3 Å². The third-order valence-corrected chi connectivity index (χ3v) is 3.52. The Hall–Kier alpha value is -2.73. The molecule has 0 aliphatic rings. The van der Waals surface area contributed by atoms with E-state index in [1.54, 1.807) is 6.21 Å². The third kappa shape index (κ3) is 2.82. The number of hydrogen-bond acceptors (Lipinski definition) is 2. The molecule has 6 heteroatoms. The SMILES string of the molecule is Cn1c(-c2ccc(/C=N\NC(N)=S)cc2)c[n+]2ccccc12. The van der Waals surface area contributed by atoms with E-state index in [1.807, 2.05) is 30.5 Å². The molecule has 0 unspecified atom stereocenters. The van der Waals surface area contributed by atoms with E-state index in [2.05, 4.69) is 63.2 Å². The van der Waals surface area contributed by atoms with Crippen LogP contribution in [0.1, 0.15) is 5.56 Å². The molecule has 0 spiro atoms. The van der Waals surface area contributed by atoms with Crippen LogP contribution in [0.4, 0.5) is 0 Å². The lowest BCUT2D eigenvalue weighted by Gasteiger charge is -1.99. The van der Waals surface area contributed by atoms with Crippen LogP contribution in [-0.4, -0.2) is 15.9 Å². The maximum atomic E-state index is 5.31. The maximum Gasteiger partial charge on any atom is 0.286 e. The minimum Gasteiger partial charge on any atom is -0.375 e. The Morgan fingerprint density at radius 3 is 2.73 bits per heavy atom. The molecule has 0 aliphatic carbocycles. The number of thiocarbonyl (C=S) groups is 1. The average Bonchev–Trinajstić information content (AvgIpc) is 2.85. The van der Waals surface area contributed by atoms with Crippen molar-refractivity contribution in [2.24, 2.45) is 17.9 Å². The molecule has 3 N–H and O–H groups in total. The molecule has 3 rings (SSSR count). The van der Waals surface area contributed by atoms with Crippen molar-refractivity contribution in [2.45, 2.75) is 0 Å². The van der Waals surface area contributed by atoms with Gasteiger partial charge in [0, 0.05) is 11.6 Å². The Morgan fingerprint density at radius 1 is 1.27 bits per heavy atom. The number of nitrogens with one attached hydrogen (secondary N) is 1. The summed E-state index contributed by atoms with van der Waals surface area (Å²) in [5, 5.41) is 4.10. The first-order chi connectivity index (χ1) is 10.6. The molecule has 0 bridgehead atoms. The van der Waals surface area contributed by atoms with Crippen LogP contribution in [0.2, 0.25) is 0 Å². The van der Waals surface area contributed by atoms with Gasteiger partial charge in [0.2, 0.25) is 0 Å². The summed E-state index contributed by atoms with van der Waals surface area (Å²) < 4.78 is 4.27. The average molecular weight is 310 g/mol. The van der Waals surface area contributed by atoms with E-state index in [0.29, 0.717) is 0 Å². The first kappa shape index (κ1) is 14.2. The van der Waals surface area contributed by atoms with Gasteiger partial charge in [-0.3, -0.25) is 5.43 Å². The second-order valence-electron chi connectivity index (χ2n) is 4.90. The molecule has 110 valence electrons. The Bertz CT molecular complexity index is 849. The number of fused-ring (bicyclic) bond motifs is 1. The topological polar surface area (TPSA) is 59.4 Å². The zero-order valence-electron chi connectivity index (χ0n) is 12.1. The number of pyridine rings is 1. The Labute approximate surface area is 133 Å². The molecular formula is C16H16N5S+. The summed E-state index contributed by atoms with van der Waals surface area (Å²) >= 11 is 4.69. The van der Waals surface area contributed by atoms with Gasteiger partial charge in [-0.15, -0.1) is 0 Å². The van der Waals surface area contributed by atoms with Gasteiger partial charge in [-0.05, 0) is 36.0 Å². The quantitative estimate of drug-likeness (QED) is 0.334. The number of imidazole rings is 1. The van der Waals surface area contributed by atoms with E-state index in [1.165, 1.54) is 0 Å². The summed E-state index contributed by atoms with van der Waals surface area (Å²) in [4.78, 5) is 0. The highest BCUT2D eigenvalue weighted by Gasteiger charge is 2.14. The molecule has 0 aliphatic heterocycles. The first-order valence-electron chi connectivity index (χ1n) is 6.80. The van der Waals surface area contributed by atoms with Gasteiger partial charge in [-0.1, -0.05) is 18.2 Å². The third-order valence-electron chi connectivity index (χ3n) is 3.43. The molecule has 3 aromatic rings. The lowest BCUT2D eigenvalue weighted by Crippen LogP contribution is -2.23. The van der Waals surface area contributed by atoms with Gasteiger partial charge >= 0.3 is 0 Å². The Kier molecular flexibility index (Phi) is 3.84. The van der Waals surface area contributed by atoms with Crippen LogP contribution in [0.15, 0.2) is 60.0 Å². The number of aromatic nitrogens is 2. The number of nitrogens with zero attached hydrogens (tertiary/aromatic N) is 3. The molecule has 0 saturated heterocycles. The van der Waals surface area contributed by atoms with Crippen LogP contribution in [0, 0.1) is 0 Å². The van der Waals surface area contributed by atoms with E-state index in [-0.39, 0.29) is 5.11 Å². The fourth-order valence-electron chi connectivity index (χ4n) is 2.36. The largest absolute Gasteiger partial charge is 0.375 e. The summed E-state index contributed by atoms with van der Waals surface area (Å²) in [7, 11) is 2.06. The normalized spacial score (nSPS) is 11.1. The zero-order valence-corrected chi connectivity index (χ0v) is 12.9. The molecule has 0 fully saturated rings. The van der Waals surface area contributed by atoms with Crippen molar-refractivity contribution in [3.63, 3.8) is 0 Å². The van der Waals surface area contributed by atoms with Crippen LogP contribution < -0.4 is 15.6 Å². The van der Waals surface area contributed by atoms with E-state index in [9.17, 15) is 0 Å². The van der Waals surface area contributed by atoms with Crippen molar-refractivity contribution in [1.82, 2.24) is 9.99 Å². The highest BCUT2D eigenvalue weighted by molar-refractivity contribution is 7.80. The molecule has 5 nitrogen and oxygen atoms in total. The van der Waals surface area contributed by atoms with Gasteiger partial charge in [0.25, 0.3) is 5.65 Å². The van der Waals surface area contributed by atoms with Gasteiger partial charge in [0.15, 0.2) is 10.8 Å². The molecule has 2 heterocycles. The fourth-order valence-corrected chi connectivity index (χ4v) is 2.41. The van der Waals surface area contributed by atoms with Gasteiger partial charge in [-0.2, -0.15) is 5.10 Å². The Balaban J connectivity index is 1.90. The summed E-state index contributed by atoms with van der Waals surface area (Å²) in [6.45, 7) is 0. The first-order valence-corrected chi connectivity index (χ1v) is 7.20. The zero-order chi connectivity index (χ0) is 15.5. The minimum absolute atomic E-state index is 0.153. The Morgan fingerprint density at radius 2 is 2.05 bits per heavy atom. The van der Waals surface area contributed by atoms with Gasteiger partial charge in [-0.25, -0.2) is 8.97 Å². The molecule has 0 saturated carbocycles. The number of hydrazone groups is 1. The summed E-state index contributed by atoms with van der Waals surface area (Å²) in [6, 6.07) is 14.3. The number of rotatable bonds is 3. The van der Waals surface area contributed by atoms with Crippen LogP contribution in [0.3, 0.4) is 0 Å². The highest BCUT2D eigenvalue weighted by Crippen LogP contribution is 2.19. The second kappa shape index (κ2) is 5.95. The number of benzene rings is 1. The molecule has 0 amide bonds. The van der Waals surface area contributed by atoms with Gasteiger partial charge in [0.05, 0.1) is 19.5 Å². The molecular weight excluding hydrogens is 294 g/mol. The summed E-state index contributed by atoms with van der Waals surface area (Å²) in [6.07, 6.45) is 5.84. The summed E-state index contributed by atoms with van der Waals surface area (Å²) in [5.41, 5.74) is 12.3. The van der Waals surface area contributed by atoms with Crippen molar-refractivity contribution in [2.75, 3.05) is 0 Å². The predicted molar refractivity (Wildman–Crippen MR) is 91.5 cm³/mol. The summed E-state index contributed by atoms with van der Waals surface area (Å²) in [5.74, 6) is 0. The van der Waals surface area contributed by atoms with Gasteiger partial charge < -0.3 is 5.73 Å². The minimum atomic E-state index is 0.153. The van der Waals surface area contributed by atoms with E-state index < -0.39 is 0 Å². The van der Waals surface area contributed by atoms with E-state index in [0.717, 1.165) is 22.5 Å². The van der Waals surface area contributed by atoms with Crippen LogP contribution in [0.25, 0.3) is 16.9 Å². The monoisotopic (exact) mass is 310 g/mol. The maximum absolute atomic E-state index is 5.31. The molecule has 22 heavy (non-hydrogen) atoms. The molecule has 2 aromatic heterocycles. The van der Waals surface area contributed by atoms with Crippen molar-refractivity contribution >= 4 is 29.2 Å². The second-order valence-corrected chi connectivity index (χ2v) is 5.34. The van der Waals surface area contributed by atoms with Crippen LogP contribution in [-0.2, 0) is 7.05 Å². The standard InChI is InChI=1S/C16H15N5S/c1-20-14(11-21-9-3-2-4-15(20)21)13-7-5-12(6-8-13)10-18-19-16(17)22/h2-11H,1H3,(H2-,17,19,22)/p+1/b18-10-. The lowest BCUT2D eigenvalue weighted by atomic mass is 10.1. The van der Waals surface area contributed by atoms with E-state index >= 15 is 0 Å². The van der Waals surface area contributed by atoms with Crippen molar-refractivity contribution in [1.29, 1.82) is 0 Å². The lowest BCUT2D eigenvalue weighted by molar-refractivity contribution is -0.510. The predicted octanol–water partition coefficient (Wildman–Crippen LogP) is 1.60. The van der Waals surface area contributed by atoms with Crippen molar-refractivity contribution < 1.29 is 4.40 Å². The highest BCUT2D eigenvalue weighted by atomic mass is 32.1. The molecule has 0 atom stereocenters. The molecule has 0 radical (unpaired) electrons. The van der Waals surface area contributed by atoms with Crippen LogP contribution in [0.5, 0.6) is 0 Å². The fraction of sp³-hybridized carbons (Fsp3) is 0.0625.